The Morgan fingerprint density at radius 3 is 2.82 bits per heavy atom. The zero-order chi connectivity index (χ0) is 15.5. The first kappa shape index (κ1) is 13.8. The number of benzene rings is 2. The van der Waals surface area contributed by atoms with Crippen LogP contribution in [-0.4, -0.2) is 18.1 Å². The van der Waals surface area contributed by atoms with E-state index in [2.05, 4.69) is 11.1 Å². The summed E-state index contributed by atoms with van der Waals surface area (Å²) in [6.07, 6.45) is 3.37. The third-order valence-electron chi connectivity index (χ3n) is 3.53. The van der Waals surface area contributed by atoms with Crippen LogP contribution in [-0.2, 0) is 4.74 Å². The Bertz CT molecular complexity index is 910. The highest BCUT2D eigenvalue weighted by Crippen LogP contribution is 2.30. The Labute approximate surface area is 127 Å². The summed E-state index contributed by atoms with van der Waals surface area (Å²) in [4.78, 5) is 15.8. The Balaban J connectivity index is 2.24. The maximum atomic E-state index is 11.7. The monoisotopic (exact) mass is 288 g/mol. The third kappa shape index (κ3) is 2.29. The van der Waals surface area contributed by atoms with Crippen LogP contribution in [0.5, 0.6) is 0 Å². The fourth-order valence-electron chi connectivity index (χ4n) is 2.47. The Morgan fingerprint density at radius 1 is 1.18 bits per heavy atom. The highest BCUT2D eigenvalue weighted by Gasteiger charge is 2.10. The molecule has 0 unspecified atom stereocenters. The smallest absolute Gasteiger partial charge is 0.337 e. The van der Waals surface area contributed by atoms with E-state index in [-0.39, 0.29) is 5.97 Å². The van der Waals surface area contributed by atoms with Crippen molar-refractivity contribution in [2.45, 2.75) is 0 Å². The van der Waals surface area contributed by atoms with E-state index in [1.165, 1.54) is 7.11 Å². The maximum Gasteiger partial charge on any atom is 0.337 e. The van der Waals surface area contributed by atoms with Gasteiger partial charge in [0.2, 0.25) is 0 Å². The third-order valence-corrected chi connectivity index (χ3v) is 3.53. The Hall–Kier alpha value is -3.19. The minimum absolute atomic E-state index is 0.374. The lowest BCUT2D eigenvalue weighted by molar-refractivity contribution is 0.0601. The van der Waals surface area contributed by atoms with Gasteiger partial charge in [-0.3, -0.25) is 4.98 Å². The molecule has 0 saturated carbocycles. The second kappa shape index (κ2) is 5.66. The molecule has 0 fully saturated rings. The lowest BCUT2D eigenvalue weighted by atomic mass is 9.95. The molecule has 4 nitrogen and oxygen atoms in total. The molecule has 22 heavy (non-hydrogen) atoms. The molecule has 0 aliphatic carbocycles. The molecule has 1 heterocycles. The van der Waals surface area contributed by atoms with Crippen molar-refractivity contribution in [3.8, 4) is 17.2 Å². The van der Waals surface area contributed by atoms with Crippen molar-refractivity contribution < 1.29 is 9.53 Å². The number of methoxy groups -OCH3 is 1. The number of hydrogen-bond donors (Lipinski definition) is 0. The van der Waals surface area contributed by atoms with Gasteiger partial charge in [0.05, 0.1) is 24.3 Å². The lowest BCUT2D eigenvalue weighted by Gasteiger charge is -2.09. The second-order valence-corrected chi connectivity index (χ2v) is 4.77. The molecular formula is C18H12N2O2. The van der Waals surface area contributed by atoms with Gasteiger partial charge in [-0.2, -0.15) is 5.26 Å². The minimum atomic E-state index is -0.374. The average molecular weight is 288 g/mol. The summed E-state index contributed by atoms with van der Waals surface area (Å²) in [5.41, 5.74) is 2.91. The fourth-order valence-corrected chi connectivity index (χ4v) is 2.47. The normalized spacial score (nSPS) is 10.2. The van der Waals surface area contributed by atoms with Gasteiger partial charge in [-0.05, 0) is 40.8 Å². The van der Waals surface area contributed by atoms with Crippen LogP contribution in [0.1, 0.15) is 15.9 Å². The van der Waals surface area contributed by atoms with Crippen molar-refractivity contribution in [3.05, 3.63) is 66.0 Å². The molecule has 0 bridgehead atoms. The molecule has 106 valence electrons. The van der Waals surface area contributed by atoms with Crippen molar-refractivity contribution in [2.75, 3.05) is 7.11 Å². The van der Waals surface area contributed by atoms with Crippen molar-refractivity contribution >= 4 is 16.7 Å². The summed E-state index contributed by atoms with van der Waals surface area (Å²) in [5, 5.41) is 10.9. The van der Waals surface area contributed by atoms with E-state index in [0.717, 1.165) is 21.9 Å². The summed E-state index contributed by atoms with van der Waals surface area (Å²) in [5.74, 6) is -0.374. The number of carbonyl (C=O) groups excluding carboxylic acids is 1. The van der Waals surface area contributed by atoms with Gasteiger partial charge in [-0.1, -0.05) is 18.2 Å². The van der Waals surface area contributed by atoms with Crippen LogP contribution < -0.4 is 0 Å². The highest BCUT2D eigenvalue weighted by molar-refractivity contribution is 6.00. The molecule has 0 atom stereocenters. The van der Waals surface area contributed by atoms with E-state index in [1.807, 2.05) is 24.3 Å². The first-order valence-corrected chi connectivity index (χ1v) is 6.70. The van der Waals surface area contributed by atoms with E-state index in [9.17, 15) is 10.1 Å². The molecule has 0 radical (unpaired) electrons. The summed E-state index contributed by atoms with van der Waals surface area (Å²) < 4.78 is 4.76. The van der Waals surface area contributed by atoms with Crippen molar-refractivity contribution in [1.29, 1.82) is 5.26 Å². The van der Waals surface area contributed by atoms with Crippen LogP contribution in [0.15, 0.2) is 54.9 Å². The number of hydrogen-bond acceptors (Lipinski definition) is 4. The highest BCUT2D eigenvalue weighted by atomic mass is 16.5. The molecule has 0 spiro atoms. The van der Waals surface area contributed by atoms with Crippen LogP contribution in [0, 0.1) is 11.3 Å². The van der Waals surface area contributed by atoms with Gasteiger partial charge in [-0.25, -0.2) is 4.79 Å². The van der Waals surface area contributed by atoms with Crippen molar-refractivity contribution in [2.24, 2.45) is 0 Å². The first-order chi connectivity index (χ1) is 10.7. The van der Waals surface area contributed by atoms with Crippen LogP contribution in [0.2, 0.25) is 0 Å². The fraction of sp³-hybridized carbons (Fsp3) is 0.0556. The molecule has 0 saturated heterocycles. The predicted molar refractivity (Wildman–Crippen MR) is 83.2 cm³/mol. The molecule has 1 aromatic heterocycles. The predicted octanol–water partition coefficient (Wildman–Crippen LogP) is 3.56. The summed E-state index contributed by atoms with van der Waals surface area (Å²) >= 11 is 0. The molecule has 3 aromatic rings. The average Bonchev–Trinajstić information content (AvgIpc) is 2.60. The number of nitriles is 1. The Kier molecular flexibility index (Phi) is 3.55. The topological polar surface area (TPSA) is 63.0 Å². The van der Waals surface area contributed by atoms with Crippen LogP contribution in [0.3, 0.4) is 0 Å². The molecule has 3 rings (SSSR count). The van der Waals surface area contributed by atoms with Gasteiger partial charge in [0.15, 0.2) is 0 Å². The molecular weight excluding hydrogens is 276 g/mol. The number of pyridine rings is 1. The van der Waals surface area contributed by atoms with Crippen molar-refractivity contribution in [1.82, 2.24) is 4.98 Å². The number of ether oxygens (including phenoxy) is 1. The van der Waals surface area contributed by atoms with Gasteiger partial charge in [0.25, 0.3) is 0 Å². The van der Waals surface area contributed by atoms with Gasteiger partial charge >= 0.3 is 5.97 Å². The molecule has 0 aliphatic rings. The quantitative estimate of drug-likeness (QED) is 0.676. The van der Waals surface area contributed by atoms with Crippen LogP contribution >= 0.6 is 0 Å². The van der Waals surface area contributed by atoms with Gasteiger partial charge < -0.3 is 4.74 Å². The van der Waals surface area contributed by atoms with E-state index >= 15 is 0 Å². The number of carbonyl (C=O) groups is 1. The molecule has 4 heteroatoms. The number of rotatable bonds is 2. The van der Waals surface area contributed by atoms with Gasteiger partial charge in [0, 0.05) is 17.8 Å². The van der Waals surface area contributed by atoms with E-state index < -0.39 is 0 Å². The summed E-state index contributed by atoms with van der Waals surface area (Å²) in [6, 6.07) is 14.9. The van der Waals surface area contributed by atoms with Crippen molar-refractivity contribution in [3.63, 3.8) is 0 Å². The van der Waals surface area contributed by atoms with Gasteiger partial charge in [-0.15, -0.1) is 0 Å². The Morgan fingerprint density at radius 2 is 2.05 bits per heavy atom. The zero-order valence-corrected chi connectivity index (χ0v) is 11.9. The summed E-state index contributed by atoms with van der Waals surface area (Å²) in [6.45, 7) is 0. The number of esters is 1. The van der Waals surface area contributed by atoms with E-state index in [4.69, 9.17) is 4.74 Å². The van der Waals surface area contributed by atoms with E-state index in [1.54, 1.807) is 30.6 Å². The van der Waals surface area contributed by atoms with Crippen LogP contribution in [0.25, 0.3) is 21.9 Å². The molecule has 0 aliphatic heterocycles. The largest absolute Gasteiger partial charge is 0.465 e. The minimum Gasteiger partial charge on any atom is -0.465 e. The number of nitrogens with zero attached hydrogens (tertiary/aromatic N) is 2. The zero-order valence-electron chi connectivity index (χ0n) is 11.9. The van der Waals surface area contributed by atoms with E-state index in [0.29, 0.717) is 11.1 Å². The SMILES string of the molecule is COC(=O)c1cccc(-c2ccc(C#N)c3cnccc23)c1. The maximum absolute atomic E-state index is 11.7. The number of aromatic nitrogens is 1. The molecule has 0 amide bonds. The standard InChI is InChI=1S/C18H12N2O2/c1-22-18(21)13-4-2-3-12(9-13)15-6-5-14(10-19)17-11-20-8-7-16(15)17/h2-9,11H,1H3. The number of fused-ring (bicyclic) bond motifs is 1. The first-order valence-electron chi connectivity index (χ1n) is 6.70. The summed E-state index contributed by atoms with van der Waals surface area (Å²) in [7, 11) is 1.36. The molecule has 0 N–H and O–H groups in total. The second-order valence-electron chi connectivity index (χ2n) is 4.77. The molecule has 2 aromatic carbocycles. The van der Waals surface area contributed by atoms with Crippen LogP contribution in [0.4, 0.5) is 0 Å². The lowest BCUT2D eigenvalue weighted by Crippen LogP contribution is -2.00. The van der Waals surface area contributed by atoms with Gasteiger partial charge in [0.1, 0.15) is 0 Å².